The molecule has 1 heterocycles. The molecule has 0 spiro atoms. The number of aryl methyl sites for hydroxylation is 2. The van der Waals surface area contributed by atoms with E-state index in [0.29, 0.717) is 12.2 Å². The van der Waals surface area contributed by atoms with Crippen molar-refractivity contribution in [1.29, 1.82) is 0 Å². The number of carboxylic acid groups (broad SMARTS) is 1. The van der Waals surface area contributed by atoms with Crippen molar-refractivity contribution in [3.05, 3.63) is 35.5 Å². The van der Waals surface area contributed by atoms with E-state index in [1.807, 2.05) is 42.7 Å². The molecule has 0 aliphatic heterocycles. The minimum absolute atomic E-state index is 0.267. The molecule has 0 saturated heterocycles. The van der Waals surface area contributed by atoms with Crippen LogP contribution in [0.5, 0.6) is 0 Å². The summed E-state index contributed by atoms with van der Waals surface area (Å²) in [6, 6.07) is 7.72. The van der Waals surface area contributed by atoms with Crippen LogP contribution in [0.3, 0.4) is 0 Å². The van der Waals surface area contributed by atoms with Crippen molar-refractivity contribution in [2.24, 2.45) is 0 Å². The van der Waals surface area contributed by atoms with Gasteiger partial charge in [0.2, 0.25) is 5.91 Å². The average Bonchev–Trinajstić information content (AvgIpc) is 2.83. The van der Waals surface area contributed by atoms with E-state index in [2.05, 4.69) is 10.6 Å². The van der Waals surface area contributed by atoms with Crippen LogP contribution < -0.4 is 10.6 Å². The molecule has 1 aromatic heterocycles. The topological polar surface area (TPSA) is 100 Å². The summed E-state index contributed by atoms with van der Waals surface area (Å²) >= 11 is 0. The predicted octanol–water partition coefficient (Wildman–Crippen LogP) is 0.900. The van der Waals surface area contributed by atoms with Crippen molar-refractivity contribution < 1.29 is 19.5 Å². The Morgan fingerprint density at radius 1 is 1.13 bits per heavy atom. The second-order valence-corrected chi connectivity index (χ2v) is 5.09. The second-order valence-electron chi connectivity index (χ2n) is 5.09. The maximum atomic E-state index is 12.4. The normalized spacial score (nSPS) is 10.5. The lowest BCUT2D eigenvalue weighted by Crippen LogP contribution is -2.39. The Balaban J connectivity index is 2.16. The number of carbonyl (C=O) groups is 3. The first kappa shape index (κ1) is 16.5. The Morgan fingerprint density at radius 3 is 2.48 bits per heavy atom. The van der Waals surface area contributed by atoms with Crippen LogP contribution in [0.4, 0.5) is 0 Å². The molecule has 23 heavy (non-hydrogen) atoms. The van der Waals surface area contributed by atoms with E-state index in [-0.39, 0.29) is 12.5 Å². The van der Waals surface area contributed by atoms with E-state index in [1.54, 1.807) is 0 Å². The lowest BCUT2D eigenvalue weighted by Gasteiger charge is -2.09. The van der Waals surface area contributed by atoms with Crippen LogP contribution in [-0.4, -0.2) is 40.5 Å². The van der Waals surface area contributed by atoms with Crippen molar-refractivity contribution in [3.8, 4) is 0 Å². The smallest absolute Gasteiger partial charge is 0.322 e. The number of para-hydroxylation sites is 1. The van der Waals surface area contributed by atoms with E-state index in [1.165, 1.54) is 0 Å². The number of aromatic nitrogens is 1. The standard InChI is InChI=1S/C16H19N3O4/c1-3-19-12-7-5-4-6-11(12)10(2)15(19)16(23)18-8-13(20)17-9-14(21)22/h4-7H,3,8-9H2,1-2H3,(H,17,20)(H,18,23)(H,21,22). The summed E-state index contributed by atoms with van der Waals surface area (Å²) in [6.07, 6.45) is 0. The van der Waals surface area contributed by atoms with Crippen molar-refractivity contribution in [1.82, 2.24) is 15.2 Å². The summed E-state index contributed by atoms with van der Waals surface area (Å²) in [6.45, 7) is 3.71. The zero-order valence-electron chi connectivity index (χ0n) is 13.0. The molecule has 0 aliphatic rings. The van der Waals surface area contributed by atoms with Crippen molar-refractivity contribution in [2.75, 3.05) is 13.1 Å². The molecule has 122 valence electrons. The number of amides is 2. The van der Waals surface area contributed by atoms with Gasteiger partial charge in [0.05, 0.1) is 6.54 Å². The maximum Gasteiger partial charge on any atom is 0.322 e. The van der Waals surface area contributed by atoms with Gasteiger partial charge in [-0.2, -0.15) is 0 Å². The lowest BCUT2D eigenvalue weighted by atomic mass is 10.1. The first-order valence-electron chi connectivity index (χ1n) is 7.30. The number of aliphatic carboxylic acids is 1. The molecule has 3 N–H and O–H groups in total. The van der Waals surface area contributed by atoms with Gasteiger partial charge in [-0.15, -0.1) is 0 Å². The van der Waals surface area contributed by atoms with Gasteiger partial charge in [-0.3, -0.25) is 14.4 Å². The Labute approximate surface area is 133 Å². The Hall–Kier alpha value is -2.83. The molecule has 2 amide bonds. The van der Waals surface area contributed by atoms with Gasteiger partial charge < -0.3 is 20.3 Å². The molecule has 2 rings (SSSR count). The Bertz CT molecular complexity index is 764. The summed E-state index contributed by atoms with van der Waals surface area (Å²) in [5.74, 6) is -2.03. The first-order valence-corrected chi connectivity index (χ1v) is 7.30. The number of fused-ring (bicyclic) bond motifs is 1. The van der Waals surface area contributed by atoms with E-state index < -0.39 is 18.4 Å². The van der Waals surface area contributed by atoms with Gasteiger partial charge in [0.1, 0.15) is 12.2 Å². The maximum absolute atomic E-state index is 12.4. The molecule has 0 saturated carbocycles. The molecule has 1 aromatic carbocycles. The minimum Gasteiger partial charge on any atom is -0.480 e. The SMILES string of the molecule is CCn1c(C(=O)NCC(=O)NCC(=O)O)c(C)c2ccccc21. The van der Waals surface area contributed by atoms with Crippen LogP contribution in [0, 0.1) is 6.92 Å². The summed E-state index contributed by atoms with van der Waals surface area (Å²) in [5, 5.41) is 14.2. The summed E-state index contributed by atoms with van der Waals surface area (Å²) in [7, 11) is 0. The summed E-state index contributed by atoms with van der Waals surface area (Å²) < 4.78 is 1.90. The molecule has 0 fully saturated rings. The van der Waals surface area contributed by atoms with Crippen molar-refractivity contribution >= 4 is 28.7 Å². The molecule has 0 radical (unpaired) electrons. The third-order valence-electron chi connectivity index (χ3n) is 3.60. The van der Waals surface area contributed by atoms with E-state index in [4.69, 9.17) is 5.11 Å². The van der Waals surface area contributed by atoms with Gasteiger partial charge in [0.15, 0.2) is 0 Å². The number of carbonyl (C=O) groups excluding carboxylic acids is 2. The number of nitrogens with zero attached hydrogens (tertiary/aromatic N) is 1. The molecule has 0 bridgehead atoms. The highest BCUT2D eigenvalue weighted by Gasteiger charge is 2.19. The van der Waals surface area contributed by atoms with Crippen LogP contribution in [0.25, 0.3) is 10.9 Å². The van der Waals surface area contributed by atoms with Crippen LogP contribution in [0.2, 0.25) is 0 Å². The fourth-order valence-electron chi connectivity index (χ4n) is 2.58. The molecule has 0 unspecified atom stereocenters. The minimum atomic E-state index is -1.13. The van der Waals surface area contributed by atoms with Gasteiger partial charge in [-0.1, -0.05) is 18.2 Å². The molecule has 2 aromatic rings. The number of nitrogens with one attached hydrogen (secondary N) is 2. The number of hydrogen-bond acceptors (Lipinski definition) is 3. The zero-order chi connectivity index (χ0) is 17.0. The third kappa shape index (κ3) is 3.50. The first-order chi connectivity index (χ1) is 11.0. The lowest BCUT2D eigenvalue weighted by molar-refractivity contribution is -0.137. The highest BCUT2D eigenvalue weighted by molar-refractivity contribution is 6.02. The number of carboxylic acids is 1. The monoisotopic (exact) mass is 317 g/mol. The second kappa shape index (κ2) is 6.95. The fourth-order valence-corrected chi connectivity index (χ4v) is 2.58. The van der Waals surface area contributed by atoms with Crippen LogP contribution in [0.1, 0.15) is 23.0 Å². The summed E-state index contributed by atoms with van der Waals surface area (Å²) in [5.41, 5.74) is 2.33. The number of benzene rings is 1. The van der Waals surface area contributed by atoms with Crippen LogP contribution in [0.15, 0.2) is 24.3 Å². The molecule has 7 heteroatoms. The summed E-state index contributed by atoms with van der Waals surface area (Å²) in [4.78, 5) is 34.3. The quantitative estimate of drug-likeness (QED) is 0.737. The fraction of sp³-hybridized carbons (Fsp3) is 0.312. The van der Waals surface area contributed by atoms with Crippen molar-refractivity contribution in [2.45, 2.75) is 20.4 Å². The third-order valence-corrected chi connectivity index (χ3v) is 3.60. The number of rotatable bonds is 6. The molecule has 0 aliphatic carbocycles. The molecule has 0 atom stereocenters. The van der Waals surface area contributed by atoms with Crippen LogP contribution in [-0.2, 0) is 16.1 Å². The zero-order valence-corrected chi connectivity index (χ0v) is 13.0. The van der Waals surface area contributed by atoms with Gasteiger partial charge >= 0.3 is 5.97 Å². The molecular weight excluding hydrogens is 298 g/mol. The van der Waals surface area contributed by atoms with E-state index in [0.717, 1.165) is 16.5 Å². The van der Waals surface area contributed by atoms with E-state index in [9.17, 15) is 14.4 Å². The van der Waals surface area contributed by atoms with Gasteiger partial charge in [0.25, 0.3) is 5.91 Å². The van der Waals surface area contributed by atoms with E-state index >= 15 is 0 Å². The highest BCUT2D eigenvalue weighted by Crippen LogP contribution is 2.25. The Kier molecular flexibility index (Phi) is 5.00. The van der Waals surface area contributed by atoms with Gasteiger partial charge in [-0.05, 0) is 25.5 Å². The van der Waals surface area contributed by atoms with Crippen LogP contribution >= 0.6 is 0 Å². The molecular formula is C16H19N3O4. The largest absolute Gasteiger partial charge is 0.480 e. The van der Waals surface area contributed by atoms with Gasteiger partial charge in [-0.25, -0.2) is 0 Å². The molecule has 7 nitrogen and oxygen atoms in total. The predicted molar refractivity (Wildman–Crippen MR) is 85.3 cm³/mol. The Morgan fingerprint density at radius 2 is 1.83 bits per heavy atom. The number of hydrogen-bond donors (Lipinski definition) is 3. The highest BCUT2D eigenvalue weighted by atomic mass is 16.4. The van der Waals surface area contributed by atoms with Gasteiger partial charge in [0, 0.05) is 17.4 Å². The average molecular weight is 317 g/mol. The van der Waals surface area contributed by atoms with Crippen molar-refractivity contribution in [3.63, 3.8) is 0 Å².